The fourth-order valence-corrected chi connectivity index (χ4v) is 10.3. The highest BCUT2D eigenvalue weighted by Crippen LogP contribution is 2.37. The summed E-state index contributed by atoms with van der Waals surface area (Å²) in [6.07, 6.45) is 1.01. The van der Waals surface area contributed by atoms with Gasteiger partial charge in [0.1, 0.15) is 5.75 Å². The minimum atomic E-state index is -2.69. The minimum Gasteiger partial charge on any atom is -0.497 e. The van der Waals surface area contributed by atoms with Crippen LogP contribution < -0.4 is 15.1 Å². The fourth-order valence-electron chi connectivity index (χ4n) is 5.67. The molecule has 0 amide bonds. The maximum Gasteiger partial charge on any atom is 0.261 e. The maximum atomic E-state index is 11.2. The first-order chi connectivity index (χ1) is 19.0. The van der Waals surface area contributed by atoms with E-state index in [1.54, 1.807) is 7.11 Å². The quantitative estimate of drug-likeness (QED) is 0.178. The number of aliphatic hydroxyl groups is 1. The summed E-state index contributed by atoms with van der Waals surface area (Å²) in [5.41, 5.74) is 1.06. The van der Waals surface area contributed by atoms with E-state index in [1.807, 2.05) is 37.3 Å². The van der Waals surface area contributed by atoms with Crippen molar-refractivity contribution in [1.29, 1.82) is 0 Å². The molecular weight excluding hydrogens is 512 g/mol. The summed E-state index contributed by atoms with van der Waals surface area (Å²) < 4.78 is 19.2. The van der Waals surface area contributed by atoms with Crippen molar-refractivity contribution >= 4 is 18.7 Å². The predicted molar refractivity (Wildman–Crippen MR) is 169 cm³/mol. The summed E-state index contributed by atoms with van der Waals surface area (Å²) in [7, 11) is -1.03. The van der Waals surface area contributed by atoms with Crippen LogP contribution in [0.15, 0.2) is 97.6 Å². The van der Waals surface area contributed by atoms with E-state index in [0.717, 1.165) is 11.3 Å². The highest BCUT2D eigenvalue weighted by atomic mass is 28.4. The molecule has 0 bridgehead atoms. The summed E-state index contributed by atoms with van der Waals surface area (Å²) in [6.45, 7) is 18.0. The van der Waals surface area contributed by atoms with Crippen LogP contribution in [0.4, 0.5) is 0 Å². The van der Waals surface area contributed by atoms with E-state index in [-0.39, 0.29) is 28.9 Å². The van der Waals surface area contributed by atoms with Crippen LogP contribution in [-0.4, -0.2) is 39.3 Å². The largest absolute Gasteiger partial charge is 0.497 e. The molecule has 0 aromatic heterocycles. The molecule has 4 nitrogen and oxygen atoms in total. The first-order valence-electron chi connectivity index (χ1n) is 14.3. The van der Waals surface area contributed by atoms with Gasteiger partial charge in [-0.15, -0.1) is 6.58 Å². The van der Waals surface area contributed by atoms with Crippen molar-refractivity contribution in [3.63, 3.8) is 0 Å². The zero-order chi connectivity index (χ0) is 29.3. The van der Waals surface area contributed by atoms with Gasteiger partial charge in [-0.25, -0.2) is 0 Å². The Labute approximate surface area is 243 Å². The van der Waals surface area contributed by atoms with Crippen LogP contribution in [-0.2, 0) is 15.8 Å². The number of methoxy groups -OCH3 is 1. The van der Waals surface area contributed by atoms with Crippen molar-refractivity contribution in [2.75, 3.05) is 13.7 Å². The van der Waals surface area contributed by atoms with E-state index < -0.39 is 14.4 Å². The average Bonchev–Trinajstić information content (AvgIpc) is 2.97. The predicted octanol–water partition coefficient (Wildman–Crippen LogP) is 6.61. The molecule has 3 aromatic rings. The number of rotatable bonds is 14. The summed E-state index contributed by atoms with van der Waals surface area (Å²) >= 11 is 0. The molecule has 0 saturated heterocycles. The molecule has 0 aliphatic carbocycles. The molecule has 5 atom stereocenters. The van der Waals surface area contributed by atoms with E-state index in [2.05, 4.69) is 102 Å². The van der Waals surface area contributed by atoms with Crippen LogP contribution >= 0.6 is 0 Å². The molecule has 216 valence electrons. The van der Waals surface area contributed by atoms with Gasteiger partial charge in [0.15, 0.2) is 0 Å². The van der Waals surface area contributed by atoms with Crippen molar-refractivity contribution in [3.05, 3.63) is 103 Å². The minimum absolute atomic E-state index is 0.0292. The van der Waals surface area contributed by atoms with E-state index in [0.29, 0.717) is 13.2 Å². The number of hydrogen-bond acceptors (Lipinski definition) is 4. The molecule has 0 aliphatic heterocycles. The van der Waals surface area contributed by atoms with E-state index in [4.69, 9.17) is 13.9 Å². The molecule has 5 heteroatoms. The van der Waals surface area contributed by atoms with Gasteiger partial charge < -0.3 is 19.0 Å². The first-order valence-corrected chi connectivity index (χ1v) is 16.3. The smallest absolute Gasteiger partial charge is 0.261 e. The standard InChI is InChI=1S/C35H48O4Si/c1-9-26(2)33(36)28(4)34(38-25-29-20-22-30(37-8)23-21-29)27(3)24-39-40(35(5,6)7,31-16-12-10-13-17-31)32-18-14-11-15-19-32/h9-23,26-28,33-34,36H,1,24-25H2,2-8H3/t26-,27-,28+,33+,34+/m1/s1. The SMILES string of the molecule is C=C[C@@H](C)[C@H](O)[C@H](C)[C@@H](OCc1ccc(OC)cc1)[C@H](C)CO[Si](c1ccccc1)(c1ccccc1)C(C)(C)C. The van der Waals surface area contributed by atoms with Gasteiger partial charge in [-0.3, -0.25) is 0 Å². The van der Waals surface area contributed by atoms with Gasteiger partial charge in [-0.05, 0) is 33.1 Å². The number of benzene rings is 3. The number of ether oxygens (including phenoxy) is 2. The monoisotopic (exact) mass is 560 g/mol. The Balaban J connectivity index is 1.94. The van der Waals surface area contributed by atoms with Crippen LogP contribution in [0.25, 0.3) is 0 Å². The zero-order valence-corrected chi connectivity index (χ0v) is 26.3. The second-order valence-corrected chi connectivity index (χ2v) is 16.3. The van der Waals surface area contributed by atoms with Gasteiger partial charge in [0.25, 0.3) is 8.32 Å². The van der Waals surface area contributed by atoms with E-state index in [1.165, 1.54) is 10.4 Å². The lowest BCUT2D eigenvalue weighted by molar-refractivity contribution is -0.0799. The Morgan fingerprint density at radius 1 is 0.850 bits per heavy atom. The average molecular weight is 561 g/mol. The maximum absolute atomic E-state index is 11.2. The second kappa shape index (κ2) is 14.3. The highest BCUT2D eigenvalue weighted by Gasteiger charge is 2.50. The zero-order valence-electron chi connectivity index (χ0n) is 25.3. The number of aliphatic hydroxyl groups excluding tert-OH is 1. The van der Waals surface area contributed by atoms with Crippen molar-refractivity contribution in [3.8, 4) is 5.75 Å². The molecule has 0 saturated carbocycles. The third-order valence-corrected chi connectivity index (χ3v) is 13.1. The second-order valence-electron chi connectivity index (χ2n) is 12.0. The normalized spacial score (nSPS) is 16.0. The first kappa shape index (κ1) is 31.8. The lowest BCUT2D eigenvalue weighted by Crippen LogP contribution is -2.67. The molecule has 40 heavy (non-hydrogen) atoms. The van der Waals surface area contributed by atoms with Gasteiger partial charge >= 0.3 is 0 Å². The Kier molecular flexibility index (Phi) is 11.4. The Morgan fingerprint density at radius 2 is 1.38 bits per heavy atom. The number of hydrogen-bond donors (Lipinski definition) is 1. The fraction of sp³-hybridized carbons (Fsp3) is 0.429. The van der Waals surface area contributed by atoms with E-state index >= 15 is 0 Å². The van der Waals surface area contributed by atoms with Crippen LogP contribution in [0, 0.1) is 17.8 Å². The van der Waals surface area contributed by atoms with Crippen molar-refractivity contribution in [2.24, 2.45) is 17.8 Å². The third kappa shape index (κ3) is 7.32. The lowest BCUT2D eigenvalue weighted by atomic mass is 9.84. The van der Waals surface area contributed by atoms with Gasteiger partial charge in [-0.1, -0.05) is 120 Å². The summed E-state index contributed by atoms with van der Waals surface area (Å²) in [6, 6.07) is 29.3. The third-order valence-electron chi connectivity index (χ3n) is 8.11. The van der Waals surface area contributed by atoms with Crippen LogP contribution in [0.1, 0.15) is 47.1 Å². The van der Waals surface area contributed by atoms with Crippen molar-refractivity contribution in [2.45, 2.75) is 65.4 Å². The van der Waals surface area contributed by atoms with Crippen LogP contribution in [0.5, 0.6) is 5.75 Å². The molecule has 0 radical (unpaired) electrons. The molecule has 0 unspecified atom stereocenters. The van der Waals surface area contributed by atoms with Gasteiger partial charge in [-0.2, -0.15) is 0 Å². The summed E-state index contributed by atoms with van der Waals surface area (Å²) in [5.74, 6) is 0.674. The molecule has 3 aromatic carbocycles. The van der Waals surface area contributed by atoms with Crippen molar-refractivity contribution < 1.29 is 19.0 Å². The van der Waals surface area contributed by atoms with Gasteiger partial charge in [0.2, 0.25) is 0 Å². The highest BCUT2D eigenvalue weighted by molar-refractivity contribution is 6.99. The van der Waals surface area contributed by atoms with E-state index in [9.17, 15) is 5.11 Å². The summed E-state index contributed by atoms with van der Waals surface area (Å²) in [4.78, 5) is 0. The molecule has 3 rings (SSSR count). The summed E-state index contributed by atoms with van der Waals surface area (Å²) in [5, 5.41) is 13.6. The molecular formula is C35H48O4Si. The lowest BCUT2D eigenvalue weighted by Gasteiger charge is -2.44. The van der Waals surface area contributed by atoms with Gasteiger partial charge in [0, 0.05) is 24.4 Å². The molecule has 1 N–H and O–H groups in total. The van der Waals surface area contributed by atoms with Crippen LogP contribution in [0.2, 0.25) is 5.04 Å². The Hall–Kier alpha value is -2.70. The van der Waals surface area contributed by atoms with Gasteiger partial charge in [0.05, 0.1) is 25.9 Å². The Bertz CT molecular complexity index is 1120. The topological polar surface area (TPSA) is 47.9 Å². The van der Waals surface area contributed by atoms with Crippen LogP contribution in [0.3, 0.4) is 0 Å². The molecule has 0 fully saturated rings. The molecule has 0 spiro atoms. The van der Waals surface area contributed by atoms with Crippen molar-refractivity contribution in [1.82, 2.24) is 0 Å². The molecule has 0 heterocycles. The molecule has 0 aliphatic rings. The Morgan fingerprint density at radius 3 is 1.82 bits per heavy atom.